The number of nitro groups is 1. The van der Waals surface area contributed by atoms with Gasteiger partial charge in [0.1, 0.15) is 5.69 Å². The van der Waals surface area contributed by atoms with Gasteiger partial charge in [0.2, 0.25) is 5.91 Å². The summed E-state index contributed by atoms with van der Waals surface area (Å²) < 4.78 is 0. The van der Waals surface area contributed by atoms with Crippen molar-refractivity contribution >= 4 is 56.4 Å². The number of hydrogen-bond acceptors (Lipinski definition) is 6. The molecule has 0 saturated carbocycles. The van der Waals surface area contributed by atoms with Crippen LogP contribution in [0, 0.1) is 10.1 Å². The molecule has 2 N–H and O–H groups in total. The topological polar surface area (TPSA) is 96.6 Å². The summed E-state index contributed by atoms with van der Waals surface area (Å²) in [5.41, 5.74) is 1.83. The third kappa shape index (κ3) is 3.41. The normalized spacial score (nSPS) is 13.4. The number of carbonyl (C=O) groups excluding carboxylic acids is 1. The van der Waals surface area contributed by atoms with E-state index < -0.39 is 10.2 Å². The van der Waals surface area contributed by atoms with E-state index in [1.807, 2.05) is 36.4 Å². The Morgan fingerprint density at radius 3 is 2.68 bits per heavy atom. The lowest BCUT2D eigenvalue weighted by molar-refractivity contribution is -0.383. The molecule has 7 nitrogen and oxygen atoms in total. The number of benzene rings is 3. The number of hydrogen-bond donors (Lipinski definition) is 2. The summed E-state index contributed by atoms with van der Waals surface area (Å²) in [6.07, 6.45) is 0. The number of nitro benzene ring substituents is 1. The molecular weight excluding hydrogens is 376 g/mol. The fourth-order valence-electron chi connectivity index (χ4n) is 3.02. The molecule has 8 heteroatoms. The van der Waals surface area contributed by atoms with E-state index in [1.165, 1.54) is 23.9 Å². The van der Waals surface area contributed by atoms with Crippen LogP contribution in [-0.2, 0) is 4.79 Å². The van der Waals surface area contributed by atoms with Crippen LogP contribution in [0.15, 0.2) is 65.7 Å². The van der Waals surface area contributed by atoms with Gasteiger partial charge in [0, 0.05) is 11.5 Å². The first kappa shape index (κ1) is 18.0. The molecule has 140 valence electrons. The first-order valence-electron chi connectivity index (χ1n) is 8.61. The van der Waals surface area contributed by atoms with Gasteiger partial charge in [0.05, 0.1) is 21.5 Å². The number of anilines is 2. The van der Waals surface area contributed by atoms with Crippen molar-refractivity contribution in [1.82, 2.24) is 0 Å². The fraction of sp³-hybridized carbons (Fsp3) is 0.100. The second-order valence-electron chi connectivity index (χ2n) is 6.25. The Morgan fingerprint density at radius 1 is 1.14 bits per heavy atom. The molecule has 3 aromatic rings. The first-order valence-corrected chi connectivity index (χ1v) is 9.49. The molecule has 1 amide bonds. The number of nitrogens with zero attached hydrogens (tertiary/aromatic N) is 2. The van der Waals surface area contributed by atoms with Crippen molar-refractivity contribution in [3.8, 4) is 0 Å². The van der Waals surface area contributed by atoms with Crippen molar-refractivity contribution in [1.29, 1.82) is 0 Å². The molecule has 0 saturated heterocycles. The van der Waals surface area contributed by atoms with Crippen LogP contribution >= 0.6 is 11.8 Å². The van der Waals surface area contributed by atoms with Gasteiger partial charge < -0.3 is 10.6 Å². The minimum atomic E-state index is -0.516. The van der Waals surface area contributed by atoms with Crippen molar-refractivity contribution in [3.05, 3.63) is 70.8 Å². The Labute approximate surface area is 165 Å². The molecule has 3 aromatic carbocycles. The van der Waals surface area contributed by atoms with Gasteiger partial charge in [-0.3, -0.25) is 14.9 Å². The number of aliphatic imine (C=N–C) groups is 1. The van der Waals surface area contributed by atoms with E-state index >= 15 is 0 Å². The van der Waals surface area contributed by atoms with Gasteiger partial charge in [-0.2, -0.15) is 0 Å². The highest BCUT2D eigenvalue weighted by Gasteiger charge is 2.23. The summed E-state index contributed by atoms with van der Waals surface area (Å²) in [7, 11) is 0. The molecule has 1 atom stereocenters. The lowest BCUT2D eigenvalue weighted by Gasteiger charge is -2.20. The maximum atomic E-state index is 12.6. The van der Waals surface area contributed by atoms with Crippen LogP contribution in [0.5, 0.6) is 0 Å². The minimum Gasteiger partial charge on any atom is -0.334 e. The van der Waals surface area contributed by atoms with Crippen LogP contribution < -0.4 is 10.6 Å². The van der Waals surface area contributed by atoms with Gasteiger partial charge >= 0.3 is 0 Å². The standard InChI is InChI=1S/C20H16N4O3S/c1-12(19(25)21-14-8-2-3-11-17(14)24(26)27)28-20-22-15-9-4-6-13-7-5-10-16(23-20)18(13)15/h2-12H,1H3,(H,21,25)(H,22,23)/t12-/m1/s1. The Balaban J connectivity index is 1.52. The predicted octanol–water partition coefficient (Wildman–Crippen LogP) is 4.92. The largest absolute Gasteiger partial charge is 0.334 e. The van der Waals surface area contributed by atoms with E-state index in [2.05, 4.69) is 15.6 Å². The number of thioether (sulfide) groups is 1. The van der Waals surface area contributed by atoms with E-state index in [-0.39, 0.29) is 17.3 Å². The van der Waals surface area contributed by atoms with Gasteiger partial charge in [-0.15, -0.1) is 0 Å². The van der Waals surface area contributed by atoms with E-state index in [4.69, 9.17) is 0 Å². The Kier molecular flexibility index (Phi) is 4.70. The Hall–Kier alpha value is -3.39. The lowest BCUT2D eigenvalue weighted by atomic mass is 10.1. The van der Waals surface area contributed by atoms with Crippen molar-refractivity contribution in [2.75, 3.05) is 10.6 Å². The summed E-state index contributed by atoms with van der Waals surface area (Å²) in [5, 5.41) is 19.3. The highest BCUT2D eigenvalue weighted by atomic mass is 32.2. The molecule has 0 bridgehead atoms. The van der Waals surface area contributed by atoms with Gasteiger partial charge in [0.15, 0.2) is 5.17 Å². The predicted molar refractivity (Wildman–Crippen MR) is 113 cm³/mol. The zero-order valence-corrected chi connectivity index (χ0v) is 15.7. The molecule has 1 heterocycles. The van der Waals surface area contributed by atoms with Crippen molar-refractivity contribution in [3.63, 3.8) is 0 Å². The maximum Gasteiger partial charge on any atom is 0.292 e. The molecule has 0 aliphatic carbocycles. The first-order chi connectivity index (χ1) is 13.5. The zero-order valence-electron chi connectivity index (χ0n) is 14.9. The molecule has 0 aromatic heterocycles. The number of amidine groups is 1. The van der Waals surface area contributed by atoms with Crippen LogP contribution in [0.25, 0.3) is 10.8 Å². The summed E-state index contributed by atoms with van der Waals surface area (Å²) in [4.78, 5) is 27.8. The van der Waals surface area contributed by atoms with Crippen LogP contribution in [-0.4, -0.2) is 21.2 Å². The van der Waals surface area contributed by atoms with Crippen LogP contribution in [0.3, 0.4) is 0 Å². The van der Waals surface area contributed by atoms with Crippen molar-refractivity contribution in [2.45, 2.75) is 12.2 Å². The van der Waals surface area contributed by atoms with E-state index in [0.29, 0.717) is 5.17 Å². The fourth-order valence-corrected chi connectivity index (χ4v) is 3.84. The van der Waals surface area contributed by atoms with Gasteiger partial charge in [-0.1, -0.05) is 48.2 Å². The number of carbonyl (C=O) groups is 1. The molecule has 1 aliphatic heterocycles. The molecule has 4 rings (SSSR count). The van der Waals surface area contributed by atoms with Gasteiger partial charge in [-0.05, 0) is 30.5 Å². The lowest BCUT2D eigenvalue weighted by Crippen LogP contribution is -2.26. The molecule has 0 unspecified atom stereocenters. The quantitative estimate of drug-likeness (QED) is 0.485. The van der Waals surface area contributed by atoms with Gasteiger partial charge in [0.25, 0.3) is 5.69 Å². The smallest absolute Gasteiger partial charge is 0.292 e. The molecule has 0 fully saturated rings. The summed E-state index contributed by atoms with van der Waals surface area (Å²) >= 11 is 1.27. The summed E-state index contributed by atoms with van der Waals surface area (Å²) in [5.74, 6) is -0.333. The van der Waals surface area contributed by atoms with Crippen molar-refractivity contribution < 1.29 is 9.72 Å². The molecule has 0 radical (unpaired) electrons. The van der Waals surface area contributed by atoms with E-state index in [9.17, 15) is 14.9 Å². The third-order valence-corrected chi connectivity index (χ3v) is 5.35. The minimum absolute atomic E-state index is 0.137. The number of nitrogens with one attached hydrogen (secondary N) is 2. The maximum absolute atomic E-state index is 12.6. The number of amides is 1. The molecule has 28 heavy (non-hydrogen) atoms. The average Bonchev–Trinajstić information content (AvgIpc) is 2.68. The highest BCUT2D eigenvalue weighted by Crippen LogP contribution is 2.37. The second-order valence-corrected chi connectivity index (χ2v) is 7.58. The van der Waals surface area contributed by atoms with E-state index in [1.54, 1.807) is 19.1 Å². The number of para-hydroxylation sites is 2. The molecule has 0 spiro atoms. The second kappa shape index (κ2) is 7.32. The Bertz CT molecular complexity index is 1120. The SMILES string of the molecule is C[C@@H](SC1=Nc2cccc3cccc(c23)N1)C(=O)Nc1ccccc1[N+](=O)[O-]. The molecular formula is C20H16N4O3S. The highest BCUT2D eigenvalue weighted by molar-refractivity contribution is 8.15. The third-order valence-electron chi connectivity index (χ3n) is 4.36. The number of rotatable bonds is 4. The summed E-state index contributed by atoms with van der Waals surface area (Å²) in [6, 6.07) is 18.0. The van der Waals surface area contributed by atoms with Crippen LogP contribution in [0.1, 0.15) is 6.92 Å². The molecule has 1 aliphatic rings. The monoisotopic (exact) mass is 392 g/mol. The zero-order chi connectivity index (χ0) is 19.7. The van der Waals surface area contributed by atoms with Crippen LogP contribution in [0.2, 0.25) is 0 Å². The van der Waals surface area contributed by atoms with E-state index in [0.717, 1.165) is 22.1 Å². The summed E-state index contributed by atoms with van der Waals surface area (Å²) in [6.45, 7) is 1.74. The Morgan fingerprint density at radius 2 is 1.89 bits per heavy atom. The average molecular weight is 392 g/mol. The van der Waals surface area contributed by atoms with Crippen molar-refractivity contribution in [2.24, 2.45) is 4.99 Å². The van der Waals surface area contributed by atoms with Gasteiger partial charge in [-0.25, -0.2) is 4.99 Å². The van der Waals surface area contributed by atoms with Crippen LogP contribution in [0.4, 0.5) is 22.7 Å².